The van der Waals surface area contributed by atoms with Crippen molar-refractivity contribution in [2.24, 2.45) is 0 Å². The number of carbonyl (C=O) groups excluding carboxylic acids is 2. The van der Waals surface area contributed by atoms with Crippen LogP contribution in [0.2, 0.25) is 0 Å². The van der Waals surface area contributed by atoms with Crippen molar-refractivity contribution in [2.45, 2.75) is 76.0 Å². The molecule has 0 aromatic heterocycles. The van der Waals surface area contributed by atoms with Gasteiger partial charge in [-0.2, -0.15) is 39.5 Å². The van der Waals surface area contributed by atoms with E-state index in [2.05, 4.69) is 11.7 Å². The summed E-state index contributed by atoms with van der Waals surface area (Å²) in [5.41, 5.74) is 1.66. The van der Waals surface area contributed by atoms with Gasteiger partial charge >= 0.3 is 35.9 Å². The fourth-order valence-corrected chi connectivity index (χ4v) is 4.33. The Bertz CT molecular complexity index is 1510. The predicted octanol–water partition coefficient (Wildman–Crippen LogP) is 9.70. The summed E-state index contributed by atoms with van der Waals surface area (Å²) in [5.74, 6) is -23.7. The summed E-state index contributed by atoms with van der Waals surface area (Å²) in [5, 5.41) is 0. The van der Waals surface area contributed by atoms with Gasteiger partial charge in [-0.15, -0.1) is 0 Å². The summed E-state index contributed by atoms with van der Waals surface area (Å²) in [6.45, 7) is 2.26. The highest BCUT2D eigenvalue weighted by Crippen LogP contribution is 2.53. The maximum atomic E-state index is 13.6. The van der Waals surface area contributed by atoms with E-state index in [1.54, 1.807) is 60.7 Å². The number of ether oxygens (including phenoxy) is 4. The summed E-state index contributed by atoms with van der Waals surface area (Å²) >= 11 is 0. The minimum atomic E-state index is -7.21. The van der Waals surface area contributed by atoms with Crippen molar-refractivity contribution >= 4 is 11.9 Å². The summed E-state index contributed by atoms with van der Waals surface area (Å²) in [7, 11) is 0. The van der Waals surface area contributed by atoms with Crippen molar-refractivity contribution in [3.8, 4) is 28.4 Å². The van der Waals surface area contributed by atoms with Gasteiger partial charge in [0.1, 0.15) is 30.5 Å². The van der Waals surface area contributed by atoms with Crippen LogP contribution in [-0.2, 0) is 9.53 Å². The van der Waals surface area contributed by atoms with E-state index in [1.807, 2.05) is 6.92 Å². The van der Waals surface area contributed by atoms with Crippen molar-refractivity contribution in [3.63, 3.8) is 0 Å². The normalized spacial score (nSPS) is 13.0. The number of esters is 2. The zero-order valence-electron chi connectivity index (χ0n) is 26.3. The van der Waals surface area contributed by atoms with Crippen LogP contribution in [0.3, 0.4) is 0 Å². The smallest absolute Gasteiger partial charge is 0.460 e. The number of unbranched alkanes of at least 4 members (excludes halogenated alkanes) is 3. The Morgan fingerprint density at radius 2 is 1.18 bits per heavy atom. The Hall–Kier alpha value is -4.43. The zero-order valence-corrected chi connectivity index (χ0v) is 26.3. The van der Waals surface area contributed by atoms with Gasteiger partial charge in [-0.1, -0.05) is 50.5 Å². The Morgan fingerprint density at radius 1 is 0.653 bits per heavy atom. The third-order valence-corrected chi connectivity index (χ3v) is 7.13. The van der Waals surface area contributed by atoms with E-state index in [9.17, 15) is 49.1 Å². The van der Waals surface area contributed by atoms with E-state index in [4.69, 9.17) is 14.2 Å². The topological polar surface area (TPSA) is 71.1 Å². The highest BCUT2D eigenvalue weighted by Gasteiger charge is 2.84. The van der Waals surface area contributed by atoms with Gasteiger partial charge in [0.05, 0.1) is 11.7 Å². The van der Waals surface area contributed by atoms with Crippen LogP contribution in [-0.4, -0.2) is 55.2 Å². The maximum Gasteiger partial charge on any atom is 0.460 e. The van der Waals surface area contributed by atoms with E-state index in [0.29, 0.717) is 22.4 Å². The summed E-state index contributed by atoms with van der Waals surface area (Å²) in [4.78, 5) is 23.9. The summed E-state index contributed by atoms with van der Waals surface area (Å²) in [6.07, 6.45) is -1.48. The molecule has 0 radical (unpaired) electrons. The van der Waals surface area contributed by atoms with Crippen LogP contribution in [0.1, 0.15) is 56.3 Å². The second kappa shape index (κ2) is 16.3. The Labute approximate surface area is 276 Å². The fraction of sp³-hybridized carbons (Fsp3) is 0.412. The number of alkyl halides is 9. The Kier molecular flexibility index (Phi) is 13.0. The van der Waals surface area contributed by atoms with Gasteiger partial charge in [0.25, 0.3) is 0 Å². The van der Waals surface area contributed by atoms with Gasteiger partial charge in [-0.25, -0.2) is 9.59 Å². The molecule has 3 aromatic rings. The van der Waals surface area contributed by atoms with E-state index < -0.39 is 49.1 Å². The molecule has 15 heteroatoms. The Morgan fingerprint density at radius 3 is 1.71 bits per heavy atom. The molecule has 0 fully saturated rings. The molecule has 0 spiro atoms. The zero-order chi connectivity index (χ0) is 36.5. The number of hydrogen-bond acceptors (Lipinski definition) is 6. The third-order valence-electron chi connectivity index (χ3n) is 7.13. The number of benzene rings is 3. The van der Waals surface area contributed by atoms with Crippen LogP contribution >= 0.6 is 0 Å². The fourth-order valence-electron chi connectivity index (χ4n) is 4.33. The van der Waals surface area contributed by atoms with Crippen LogP contribution in [0, 0.1) is 0 Å². The van der Waals surface area contributed by atoms with E-state index in [-0.39, 0.29) is 17.6 Å². The standard InChI is InChI=1S/C34H33F9O6/c1-3-4-5-6-7-22(2)48-27-18-12-25(13-19-27)29(44)49-28-16-10-24(11-17-28)23-8-14-26(15-9-23)46-20-21-47-30(45)31(35,36)32(37,38)33(39,40)34(41,42)43/h8-19,22H,3-7,20-21H2,1-2H3/t22-/m0/s1. The SMILES string of the molecule is CCCCCC[C@H](C)Oc1ccc(C(=O)Oc2ccc(-c3ccc(OCCOC(=O)C(F)(F)C(F)(F)C(F)(F)C(F)(F)F)cc3)cc2)cc1. The minimum Gasteiger partial charge on any atom is -0.491 e. The molecule has 6 nitrogen and oxygen atoms in total. The number of rotatable bonds is 17. The van der Waals surface area contributed by atoms with Crippen molar-refractivity contribution < 1.29 is 68.1 Å². The van der Waals surface area contributed by atoms with Crippen LogP contribution in [0.15, 0.2) is 72.8 Å². The molecule has 0 heterocycles. The molecule has 49 heavy (non-hydrogen) atoms. The first-order valence-electron chi connectivity index (χ1n) is 15.1. The molecule has 268 valence electrons. The van der Waals surface area contributed by atoms with E-state index in [0.717, 1.165) is 25.7 Å². The van der Waals surface area contributed by atoms with E-state index in [1.165, 1.54) is 18.6 Å². The monoisotopic (exact) mass is 708 g/mol. The number of halogens is 9. The van der Waals surface area contributed by atoms with Gasteiger partial charge in [0.2, 0.25) is 0 Å². The molecule has 0 unspecified atom stereocenters. The van der Waals surface area contributed by atoms with Gasteiger partial charge < -0.3 is 18.9 Å². The lowest BCUT2D eigenvalue weighted by Gasteiger charge is -2.32. The van der Waals surface area contributed by atoms with Crippen molar-refractivity contribution in [3.05, 3.63) is 78.4 Å². The molecule has 0 aliphatic carbocycles. The third kappa shape index (κ3) is 9.82. The molecule has 3 rings (SSSR count). The Balaban J connectivity index is 1.47. The molecule has 0 bridgehead atoms. The van der Waals surface area contributed by atoms with Gasteiger partial charge in [0, 0.05) is 0 Å². The average Bonchev–Trinajstić information content (AvgIpc) is 3.05. The average molecular weight is 709 g/mol. The molecular weight excluding hydrogens is 675 g/mol. The van der Waals surface area contributed by atoms with Crippen molar-refractivity contribution in [1.82, 2.24) is 0 Å². The van der Waals surface area contributed by atoms with Gasteiger partial charge in [-0.05, 0) is 79.4 Å². The lowest BCUT2D eigenvalue weighted by atomic mass is 10.0. The van der Waals surface area contributed by atoms with Gasteiger partial charge in [0.15, 0.2) is 0 Å². The highest BCUT2D eigenvalue weighted by atomic mass is 19.4. The molecule has 3 aromatic carbocycles. The first kappa shape index (κ1) is 39.0. The van der Waals surface area contributed by atoms with Crippen molar-refractivity contribution in [2.75, 3.05) is 13.2 Å². The molecule has 1 atom stereocenters. The number of hydrogen-bond donors (Lipinski definition) is 0. The minimum absolute atomic E-state index is 0.0455. The second-order valence-electron chi connectivity index (χ2n) is 10.9. The number of carbonyl (C=O) groups is 2. The summed E-state index contributed by atoms with van der Waals surface area (Å²) < 4.78 is 136. The predicted molar refractivity (Wildman–Crippen MR) is 159 cm³/mol. The highest BCUT2D eigenvalue weighted by molar-refractivity contribution is 5.91. The van der Waals surface area contributed by atoms with Crippen LogP contribution in [0.4, 0.5) is 39.5 Å². The first-order chi connectivity index (χ1) is 22.9. The van der Waals surface area contributed by atoms with Crippen LogP contribution in [0.5, 0.6) is 17.2 Å². The van der Waals surface area contributed by atoms with Gasteiger partial charge in [-0.3, -0.25) is 0 Å². The molecule has 0 saturated heterocycles. The van der Waals surface area contributed by atoms with Crippen molar-refractivity contribution in [1.29, 1.82) is 0 Å². The van der Waals surface area contributed by atoms with Crippen LogP contribution < -0.4 is 14.2 Å². The molecule has 0 aliphatic heterocycles. The lowest BCUT2D eigenvalue weighted by molar-refractivity contribution is -0.390. The lowest BCUT2D eigenvalue weighted by Crippen LogP contribution is -2.63. The van der Waals surface area contributed by atoms with Crippen LogP contribution in [0.25, 0.3) is 11.1 Å². The molecule has 0 aliphatic rings. The molecule has 0 amide bonds. The molecule has 0 saturated carbocycles. The van der Waals surface area contributed by atoms with E-state index >= 15 is 0 Å². The quantitative estimate of drug-likeness (QED) is 0.0602. The molecule has 0 N–H and O–H groups in total. The summed E-state index contributed by atoms with van der Waals surface area (Å²) in [6, 6.07) is 19.0. The maximum absolute atomic E-state index is 13.6. The molecular formula is C34H33F9O6. The first-order valence-corrected chi connectivity index (χ1v) is 15.1. The second-order valence-corrected chi connectivity index (χ2v) is 10.9. The largest absolute Gasteiger partial charge is 0.491 e.